The van der Waals surface area contributed by atoms with Gasteiger partial charge in [-0.3, -0.25) is 0 Å². The van der Waals surface area contributed by atoms with Crippen LogP contribution in [0.5, 0.6) is 0 Å². The van der Waals surface area contributed by atoms with Crippen molar-refractivity contribution in [2.24, 2.45) is 5.92 Å². The van der Waals surface area contributed by atoms with Gasteiger partial charge in [0, 0.05) is 11.6 Å². The Morgan fingerprint density at radius 3 is 3.00 bits per heavy atom. The van der Waals surface area contributed by atoms with Crippen molar-refractivity contribution in [3.8, 4) is 6.07 Å². The summed E-state index contributed by atoms with van der Waals surface area (Å²) in [6, 6.07) is 7.52. The van der Waals surface area contributed by atoms with Crippen LogP contribution >= 0.6 is 11.6 Å². The van der Waals surface area contributed by atoms with E-state index in [0.29, 0.717) is 16.5 Å². The summed E-state index contributed by atoms with van der Waals surface area (Å²) in [5.41, 5.74) is 1.45. The van der Waals surface area contributed by atoms with E-state index in [-0.39, 0.29) is 12.6 Å². The summed E-state index contributed by atoms with van der Waals surface area (Å²) >= 11 is 5.98. The Morgan fingerprint density at radius 1 is 1.59 bits per heavy atom. The lowest BCUT2D eigenvalue weighted by molar-refractivity contribution is 0.244. The van der Waals surface area contributed by atoms with Crippen molar-refractivity contribution in [1.82, 2.24) is 0 Å². The van der Waals surface area contributed by atoms with E-state index >= 15 is 0 Å². The fraction of sp³-hybridized carbons (Fsp3) is 0.462. The number of rotatable bonds is 2. The van der Waals surface area contributed by atoms with E-state index in [1.807, 2.05) is 0 Å². The highest BCUT2D eigenvalue weighted by Gasteiger charge is 2.31. The Morgan fingerprint density at radius 2 is 2.35 bits per heavy atom. The molecular weight excluding hydrogens is 236 g/mol. The van der Waals surface area contributed by atoms with Gasteiger partial charge in [0.25, 0.3) is 0 Å². The van der Waals surface area contributed by atoms with E-state index in [1.165, 1.54) is 0 Å². The summed E-state index contributed by atoms with van der Waals surface area (Å²) in [4.78, 5) is 2.09. The van der Waals surface area contributed by atoms with Crippen LogP contribution in [0.4, 0.5) is 5.69 Å². The van der Waals surface area contributed by atoms with Crippen molar-refractivity contribution in [2.45, 2.75) is 19.4 Å². The second-order valence-corrected chi connectivity index (χ2v) is 4.92. The van der Waals surface area contributed by atoms with E-state index in [2.05, 4.69) is 17.9 Å². The number of nitrogens with zero attached hydrogens (tertiary/aromatic N) is 2. The number of benzene rings is 1. The first-order valence-corrected chi connectivity index (χ1v) is 6.12. The highest BCUT2D eigenvalue weighted by atomic mass is 35.5. The van der Waals surface area contributed by atoms with Crippen LogP contribution in [-0.2, 0) is 0 Å². The number of aliphatic hydroxyl groups excluding tert-OH is 1. The van der Waals surface area contributed by atoms with Crippen LogP contribution < -0.4 is 4.90 Å². The molecule has 3 nitrogen and oxygen atoms in total. The first-order valence-electron chi connectivity index (χ1n) is 5.74. The molecule has 0 amide bonds. The summed E-state index contributed by atoms with van der Waals surface area (Å²) in [5, 5.41) is 19.2. The molecule has 0 saturated carbocycles. The zero-order valence-electron chi connectivity index (χ0n) is 9.73. The number of anilines is 1. The molecule has 0 spiro atoms. The SMILES string of the molecule is CC1CCN(c2cc(Cl)ccc2C#N)C1CO. The maximum Gasteiger partial charge on any atom is 0.101 e. The van der Waals surface area contributed by atoms with Crippen molar-refractivity contribution in [3.63, 3.8) is 0 Å². The van der Waals surface area contributed by atoms with Crippen molar-refractivity contribution >= 4 is 17.3 Å². The quantitative estimate of drug-likeness (QED) is 0.877. The molecule has 1 aliphatic heterocycles. The van der Waals surface area contributed by atoms with E-state index in [0.717, 1.165) is 18.7 Å². The first kappa shape index (κ1) is 12.2. The molecule has 0 aliphatic carbocycles. The van der Waals surface area contributed by atoms with Crippen molar-refractivity contribution in [3.05, 3.63) is 28.8 Å². The molecule has 1 aromatic rings. The minimum absolute atomic E-state index is 0.0839. The molecule has 1 aromatic carbocycles. The smallest absolute Gasteiger partial charge is 0.101 e. The molecule has 17 heavy (non-hydrogen) atoms. The Kier molecular flexibility index (Phi) is 3.56. The summed E-state index contributed by atoms with van der Waals surface area (Å²) in [7, 11) is 0. The third-order valence-electron chi connectivity index (χ3n) is 3.46. The van der Waals surface area contributed by atoms with Crippen molar-refractivity contribution in [1.29, 1.82) is 5.26 Å². The van der Waals surface area contributed by atoms with E-state index in [1.54, 1.807) is 18.2 Å². The zero-order chi connectivity index (χ0) is 12.4. The molecule has 1 fully saturated rings. The number of hydrogen-bond acceptors (Lipinski definition) is 3. The van der Waals surface area contributed by atoms with Crippen LogP contribution in [0.2, 0.25) is 5.02 Å². The summed E-state index contributed by atoms with van der Waals surface area (Å²) in [6.07, 6.45) is 1.03. The van der Waals surface area contributed by atoms with Gasteiger partial charge in [0.2, 0.25) is 0 Å². The number of halogens is 1. The molecular formula is C13H15ClN2O. The maximum absolute atomic E-state index is 9.44. The lowest BCUT2D eigenvalue weighted by atomic mass is 10.0. The topological polar surface area (TPSA) is 47.3 Å². The number of aliphatic hydroxyl groups is 1. The van der Waals surface area contributed by atoms with Gasteiger partial charge in [0.05, 0.1) is 23.9 Å². The fourth-order valence-electron chi connectivity index (χ4n) is 2.42. The number of hydrogen-bond donors (Lipinski definition) is 1. The highest BCUT2D eigenvalue weighted by molar-refractivity contribution is 6.30. The van der Waals surface area contributed by atoms with Gasteiger partial charge in [-0.15, -0.1) is 0 Å². The molecule has 2 rings (SSSR count). The average Bonchev–Trinajstić information content (AvgIpc) is 2.70. The van der Waals surface area contributed by atoms with Crippen molar-refractivity contribution < 1.29 is 5.11 Å². The van der Waals surface area contributed by atoms with Gasteiger partial charge in [-0.25, -0.2) is 0 Å². The monoisotopic (exact) mass is 250 g/mol. The summed E-state index contributed by atoms with van der Waals surface area (Å²) < 4.78 is 0. The second-order valence-electron chi connectivity index (χ2n) is 4.48. The number of nitriles is 1. The van der Waals surface area contributed by atoms with Crippen LogP contribution in [0.15, 0.2) is 18.2 Å². The molecule has 4 heteroatoms. The lowest BCUT2D eigenvalue weighted by Crippen LogP contribution is -2.35. The first-order chi connectivity index (χ1) is 8.17. The predicted molar refractivity (Wildman–Crippen MR) is 68.2 cm³/mol. The molecule has 0 radical (unpaired) electrons. The van der Waals surface area contributed by atoms with Gasteiger partial charge in [-0.2, -0.15) is 5.26 Å². The predicted octanol–water partition coefficient (Wildman–Crippen LogP) is 2.42. The molecule has 1 aliphatic rings. The van der Waals surface area contributed by atoms with Gasteiger partial charge < -0.3 is 10.0 Å². The van der Waals surface area contributed by atoms with Gasteiger partial charge in [0.15, 0.2) is 0 Å². The van der Waals surface area contributed by atoms with E-state index < -0.39 is 0 Å². The van der Waals surface area contributed by atoms with Crippen LogP contribution in [0.3, 0.4) is 0 Å². The van der Waals surface area contributed by atoms with Crippen LogP contribution in [0, 0.1) is 17.2 Å². The van der Waals surface area contributed by atoms with Gasteiger partial charge >= 0.3 is 0 Å². The molecule has 2 atom stereocenters. The molecule has 0 bridgehead atoms. The van der Waals surface area contributed by atoms with Crippen LogP contribution in [0.1, 0.15) is 18.9 Å². The average molecular weight is 251 g/mol. The van der Waals surface area contributed by atoms with Crippen molar-refractivity contribution in [2.75, 3.05) is 18.1 Å². The summed E-state index contributed by atoms with van der Waals surface area (Å²) in [6.45, 7) is 3.09. The normalized spacial score (nSPS) is 23.8. The Labute approximate surface area is 106 Å². The maximum atomic E-state index is 9.44. The largest absolute Gasteiger partial charge is 0.394 e. The molecule has 1 saturated heterocycles. The molecule has 90 valence electrons. The standard InChI is InChI=1S/C13H15ClN2O/c1-9-4-5-16(13(9)8-17)12-6-11(14)3-2-10(12)7-15/h2-3,6,9,13,17H,4-5,8H2,1H3. The minimum atomic E-state index is 0.0839. The third kappa shape index (κ3) is 2.24. The molecule has 0 aromatic heterocycles. The Bertz CT molecular complexity index is 455. The second kappa shape index (κ2) is 4.95. The minimum Gasteiger partial charge on any atom is -0.394 e. The van der Waals surface area contributed by atoms with Gasteiger partial charge in [0.1, 0.15) is 6.07 Å². The van der Waals surface area contributed by atoms with Gasteiger partial charge in [-0.1, -0.05) is 18.5 Å². The van der Waals surface area contributed by atoms with Crippen LogP contribution in [-0.4, -0.2) is 24.3 Å². The van der Waals surface area contributed by atoms with E-state index in [9.17, 15) is 5.11 Å². The van der Waals surface area contributed by atoms with Gasteiger partial charge in [-0.05, 0) is 30.5 Å². The molecule has 1 N–H and O–H groups in total. The lowest BCUT2D eigenvalue weighted by Gasteiger charge is -2.28. The zero-order valence-corrected chi connectivity index (χ0v) is 10.5. The Balaban J connectivity index is 2.40. The third-order valence-corrected chi connectivity index (χ3v) is 3.69. The summed E-state index contributed by atoms with van der Waals surface area (Å²) in [5.74, 6) is 0.436. The fourth-order valence-corrected chi connectivity index (χ4v) is 2.59. The molecule has 1 heterocycles. The highest BCUT2D eigenvalue weighted by Crippen LogP contribution is 2.33. The Hall–Kier alpha value is -1.24. The van der Waals surface area contributed by atoms with E-state index in [4.69, 9.17) is 16.9 Å². The van der Waals surface area contributed by atoms with Crippen LogP contribution in [0.25, 0.3) is 0 Å². The molecule has 2 unspecified atom stereocenters.